The Bertz CT molecular complexity index is 383. The molecule has 0 saturated carbocycles. The van der Waals surface area contributed by atoms with Gasteiger partial charge in [0.15, 0.2) is 5.82 Å². The van der Waals surface area contributed by atoms with Gasteiger partial charge in [-0.05, 0) is 18.8 Å². The van der Waals surface area contributed by atoms with Crippen LogP contribution >= 0.6 is 27.5 Å². The minimum Gasteiger partial charge on any atom is -0.467 e. The van der Waals surface area contributed by atoms with Gasteiger partial charge in [0.2, 0.25) is 0 Å². The Morgan fingerprint density at radius 1 is 1.53 bits per heavy atom. The molecule has 94 valence electrons. The fourth-order valence-electron chi connectivity index (χ4n) is 1.96. The average Bonchev–Trinajstić information content (AvgIpc) is 2.39. The topological polar surface area (TPSA) is 38.2 Å². The van der Waals surface area contributed by atoms with Crippen molar-refractivity contribution in [1.29, 1.82) is 0 Å². The molecule has 0 atom stereocenters. The summed E-state index contributed by atoms with van der Waals surface area (Å²) in [5, 5.41) is 1.66. The number of alkyl halides is 1. The molecule has 1 fully saturated rings. The maximum atomic E-state index is 6.13. The highest BCUT2D eigenvalue weighted by Gasteiger charge is 2.21. The lowest BCUT2D eigenvalue weighted by atomic mass is 9.99. The van der Waals surface area contributed by atoms with Gasteiger partial charge < -0.3 is 9.64 Å². The Balaban J connectivity index is 2.12. The Morgan fingerprint density at radius 2 is 2.24 bits per heavy atom. The van der Waals surface area contributed by atoms with Gasteiger partial charge in [-0.1, -0.05) is 27.5 Å². The van der Waals surface area contributed by atoms with Crippen LogP contribution in [-0.2, 0) is 0 Å². The van der Waals surface area contributed by atoms with E-state index in [1.54, 1.807) is 13.3 Å². The van der Waals surface area contributed by atoms with Crippen molar-refractivity contribution in [3.63, 3.8) is 0 Å². The molecule has 1 aliphatic heterocycles. The lowest BCUT2D eigenvalue weighted by Gasteiger charge is -2.32. The highest BCUT2D eigenvalue weighted by Crippen LogP contribution is 2.29. The molecule has 0 bridgehead atoms. The SMILES string of the molecule is COc1ncc(Cl)c(N2CCC(CBr)CC2)n1. The van der Waals surface area contributed by atoms with Gasteiger partial charge in [-0.25, -0.2) is 4.98 Å². The quantitative estimate of drug-likeness (QED) is 0.803. The van der Waals surface area contributed by atoms with E-state index in [0.717, 1.165) is 43.0 Å². The molecule has 17 heavy (non-hydrogen) atoms. The van der Waals surface area contributed by atoms with Gasteiger partial charge >= 0.3 is 6.01 Å². The van der Waals surface area contributed by atoms with Crippen LogP contribution in [0.3, 0.4) is 0 Å². The van der Waals surface area contributed by atoms with E-state index in [1.807, 2.05) is 0 Å². The zero-order valence-corrected chi connectivity index (χ0v) is 12.0. The zero-order chi connectivity index (χ0) is 12.3. The third-order valence-electron chi connectivity index (χ3n) is 3.02. The molecule has 1 saturated heterocycles. The summed E-state index contributed by atoms with van der Waals surface area (Å²) in [6.07, 6.45) is 3.92. The van der Waals surface area contributed by atoms with Crippen molar-refractivity contribution < 1.29 is 4.74 Å². The first-order valence-electron chi connectivity index (χ1n) is 5.62. The smallest absolute Gasteiger partial charge is 0.318 e. The van der Waals surface area contributed by atoms with E-state index in [0.29, 0.717) is 11.0 Å². The second-order valence-corrected chi connectivity index (χ2v) is 5.17. The van der Waals surface area contributed by atoms with E-state index in [-0.39, 0.29) is 0 Å². The first-order valence-corrected chi connectivity index (χ1v) is 7.12. The van der Waals surface area contributed by atoms with Crippen molar-refractivity contribution >= 4 is 33.3 Å². The molecule has 0 unspecified atom stereocenters. The summed E-state index contributed by atoms with van der Waals surface area (Å²) < 4.78 is 5.03. The standard InChI is InChI=1S/C11H15BrClN3O/c1-17-11-14-7-9(13)10(15-11)16-4-2-8(6-12)3-5-16/h7-8H,2-6H2,1H3. The van der Waals surface area contributed by atoms with E-state index >= 15 is 0 Å². The Labute approximate surface area is 114 Å². The first kappa shape index (κ1) is 12.9. The van der Waals surface area contributed by atoms with Crippen LogP contribution in [0.1, 0.15) is 12.8 Å². The summed E-state index contributed by atoms with van der Waals surface area (Å²) in [6, 6.07) is 0.368. The zero-order valence-electron chi connectivity index (χ0n) is 9.70. The summed E-state index contributed by atoms with van der Waals surface area (Å²) in [6.45, 7) is 1.96. The molecule has 4 nitrogen and oxygen atoms in total. The van der Waals surface area contributed by atoms with Crippen LogP contribution in [-0.4, -0.2) is 35.5 Å². The van der Waals surface area contributed by atoms with Crippen LogP contribution in [0.25, 0.3) is 0 Å². The van der Waals surface area contributed by atoms with Crippen LogP contribution in [0.5, 0.6) is 6.01 Å². The Morgan fingerprint density at radius 3 is 2.82 bits per heavy atom. The number of halogens is 2. The van der Waals surface area contributed by atoms with Gasteiger partial charge in [-0.15, -0.1) is 0 Å². The van der Waals surface area contributed by atoms with Gasteiger partial charge in [0.1, 0.15) is 5.02 Å². The van der Waals surface area contributed by atoms with Crippen LogP contribution in [0.2, 0.25) is 5.02 Å². The molecule has 0 radical (unpaired) electrons. The average molecular weight is 321 g/mol. The van der Waals surface area contributed by atoms with Gasteiger partial charge in [-0.2, -0.15) is 4.98 Å². The fourth-order valence-corrected chi connectivity index (χ4v) is 2.82. The number of ether oxygens (including phenoxy) is 1. The molecule has 1 aliphatic rings. The van der Waals surface area contributed by atoms with Crippen LogP contribution in [0, 0.1) is 5.92 Å². The summed E-state index contributed by atoms with van der Waals surface area (Å²) in [4.78, 5) is 10.5. The molecule has 1 aromatic heterocycles. The Hall–Kier alpha value is -0.550. The van der Waals surface area contributed by atoms with Crippen molar-refractivity contribution in [2.75, 3.05) is 30.4 Å². The summed E-state index contributed by atoms with van der Waals surface area (Å²) in [7, 11) is 1.56. The maximum absolute atomic E-state index is 6.13. The number of hydrogen-bond donors (Lipinski definition) is 0. The molecule has 0 amide bonds. The maximum Gasteiger partial charge on any atom is 0.318 e. The largest absolute Gasteiger partial charge is 0.467 e. The van der Waals surface area contributed by atoms with Crippen LogP contribution in [0.4, 0.5) is 5.82 Å². The van der Waals surface area contributed by atoms with Gasteiger partial charge in [0.05, 0.1) is 13.3 Å². The second-order valence-electron chi connectivity index (χ2n) is 4.11. The molecule has 0 aliphatic carbocycles. The number of nitrogens with zero attached hydrogens (tertiary/aromatic N) is 3. The molecule has 0 N–H and O–H groups in total. The molecular formula is C11H15BrClN3O. The summed E-state index contributed by atoms with van der Waals surface area (Å²) in [5.41, 5.74) is 0. The molecule has 6 heteroatoms. The third kappa shape index (κ3) is 3.01. The number of methoxy groups -OCH3 is 1. The number of rotatable bonds is 3. The molecule has 1 aromatic rings. The van der Waals surface area contributed by atoms with Crippen molar-refractivity contribution in [1.82, 2.24) is 9.97 Å². The molecule has 2 rings (SSSR count). The van der Waals surface area contributed by atoms with Gasteiger partial charge in [0, 0.05) is 18.4 Å². The Kier molecular flexibility index (Phi) is 4.45. The molecular weight excluding hydrogens is 305 g/mol. The monoisotopic (exact) mass is 319 g/mol. The normalized spacial score (nSPS) is 17.2. The second kappa shape index (κ2) is 5.87. The summed E-state index contributed by atoms with van der Waals surface area (Å²) in [5.74, 6) is 1.54. The minimum absolute atomic E-state index is 0.368. The molecule has 2 heterocycles. The van der Waals surface area contributed by atoms with E-state index in [2.05, 4.69) is 30.8 Å². The highest BCUT2D eigenvalue weighted by molar-refractivity contribution is 9.09. The first-order chi connectivity index (χ1) is 8.24. The highest BCUT2D eigenvalue weighted by atomic mass is 79.9. The van der Waals surface area contributed by atoms with Gasteiger partial charge in [0.25, 0.3) is 0 Å². The van der Waals surface area contributed by atoms with Crippen molar-refractivity contribution in [2.45, 2.75) is 12.8 Å². The van der Waals surface area contributed by atoms with Crippen molar-refractivity contribution in [2.24, 2.45) is 5.92 Å². The predicted molar refractivity (Wildman–Crippen MR) is 72.3 cm³/mol. The van der Waals surface area contributed by atoms with Crippen LogP contribution < -0.4 is 9.64 Å². The van der Waals surface area contributed by atoms with E-state index < -0.39 is 0 Å². The van der Waals surface area contributed by atoms with E-state index in [1.165, 1.54) is 0 Å². The third-order valence-corrected chi connectivity index (χ3v) is 4.20. The molecule has 0 spiro atoms. The predicted octanol–water partition coefficient (Wildman–Crippen LogP) is 2.75. The summed E-state index contributed by atoms with van der Waals surface area (Å²) >= 11 is 9.66. The lowest BCUT2D eigenvalue weighted by molar-refractivity contribution is 0.378. The van der Waals surface area contributed by atoms with Crippen molar-refractivity contribution in [3.8, 4) is 6.01 Å². The lowest BCUT2D eigenvalue weighted by Crippen LogP contribution is -2.35. The number of aromatic nitrogens is 2. The van der Waals surface area contributed by atoms with E-state index in [4.69, 9.17) is 16.3 Å². The molecule has 0 aromatic carbocycles. The number of hydrogen-bond acceptors (Lipinski definition) is 4. The number of anilines is 1. The number of piperidine rings is 1. The van der Waals surface area contributed by atoms with Crippen LogP contribution in [0.15, 0.2) is 6.20 Å². The minimum atomic E-state index is 0.368. The fraction of sp³-hybridized carbons (Fsp3) is 0.636. The van der Waals surface area contributed by atoms with Crippen molar-refractivity contribution in [3.05, 3.63) is 11.2 Å². The van der Waals surface area contributed by atoms with Gasteiger partial charge in [-0.3, -0.25) is 0 Å². The van der Waals surface area contributed by atoms with E-state index in [9.17, 15) is 0 Å².